The van der Waals surface area contributed by atoms with Crippen LogP contribution in [0.1, 0.15) is 33.1 Å². The summed E-state index contributed by atoms with van der Waals surface area (Å²) in [6.07, 6.45) is 0.264. The molecule has 142 valence electrons. The van der Waals surface area contributed by atoms with Crippen molar-refractivity contribution in [1.82, 2.24) is 10.6 Å². The van der Waals surface area contributed by atoms with Gasteiger partial charge in [-0.15, -0.1) is 0 Å². The lowest BCUT2D eigenvalue weighted by Gasteiger charge is -2.44. The molecule has 0 aromatic rings. The van der Waals surface area contributed by atoms with Crippen LogP contribution in [0, 0.1) is 10.8 Å². The number of hydrogen-bond acceptors (Lipinski definition) is 6. The molecular weight excluding hydrogens is 328 g/mol. The number of nitrogens with one attached hydrogen (secondary N) is 2. The molecule has 7 N–H and O–H groups in total. The van der Waals surface area contributed by atoms with Gasteiger partial charge in [0.05, 0.1) is 23.4 Å². The molecule has 0 aliphatic carbocycles. The van der Waals surface area contributed by atoms with E-state index in [2.05, 4.69) is 10.6 Å². The summed E-state index contributed by atoms with van der Waals surface area (Å²) in [6, 6.07) is -0.957. The van der Waals surface area contributed by atoms with E-state index in [0.717, 1.165) is 0 Å². The molecule has 2 saturated heterocycles. The van der Waals surface area contributed by atoms with Gasteiger partial charge in [0.25, 0.3) is 0 Å². The van der Waals surface area contributed by atoms with Crippen molar-refractivity contribution in [2.45, 2.75) is 51.3 Å². The number of ether oxygens (including phenoxy) is 1. The molecule has 0 saturated carbocycles. The molecule has 1 spiro atoms. The van der Waals surface area contributed by atoms with Crippen molar-refractivity contribution in [3.63, 3.8) is 0 Å². The first kappa shape index (κ1) is 19.6. The third-order valence-corrected chi connectivity index (χ3v) is 5.53. The van der Waals surface area contributed by atoms with Crippen molar-refractivity contribution >= 4 is 17.8 Å². The number of carboxylic acid groups (broad SMARTS) is 1. The number of nitrogens with two attached hydrogens (primary N) is 2. The highest BCUT2D eigenvalue weighted by Crippen LogP contribution is 2.41. The van der Waals surface area contributed by atoms with Crippen molar-refractivity contribution in [3.8, 4) is 0 Å². The lowest BCUT2D eigenvalue weighted by Crippen LogP contribution is -2.59. The zero-order valence-corrected chi connectivity index (χ0v) is 14.7. The fourth-order valence-electron chi connectivity index (χ4n) is 3.56. The summed E-state index contributed by atoms with van der Waals surface area (Å²) in [5, 5.41) is 14.1. The lowest BCUT2D eigenvalue weighted by molar-refractivity contribution is -0.143. The topological polar surface area (TPSA) is 157 Å². The lowest BCUT2D eigenvalue weighted by atomic mass is 9.69. The molecule has 2 rings (SSSR count). The number of amides is 2. The second kappa shape index (κ2) is 7.27. The first-order valence-corrected chi connectivity index (χ1v) is 8.52. The molecule has 2 heterocycles. The van der Waals surface area contributed by atoms with Gasteiger partial charge in [-0.25, -0.2) is 0 Å². The maximum absolute atomic E-state index is 12.4. The van der Waals surface area contributed by atoms with Crippen molar-refractivity contribution in [2.75, 3.05) is 19.7 Å². The number of aliphatic carboxylic acids is 1. The van der Waals surface area contributed by atoms with Gasteiger partial charge in [0, 0.05) is 31.8 Å². The predicted octanol–water partition coefficient (Wildman–Crippen LogP) is -1.45. The number of hydrogen-bond donors (Lipinski definition) is 5. The summed E-state index contributed by atoms with van der Waals surface area (Å²) in [5.74, 6) is -1.41. The highest BCUT2D eigenvalue weighted by Gasteiger charge is 2.54. The molecule has 4 unspecified atom stereocenters. The Kier molecular flexibility index (Phi) is 5.70. The molecule has 2 aliphatic heterocycles. The van der Waals surface area contributed by atoms with E-state index in [1.54, 1.807) is 13.8 Å². The van der Waals surface area contributed by atoms with Gasteiger partial charge < -0.3 is 31.9 Å². The first-order valence-electron chi connectivity index (χ1n) is 8.52. The van der Waals surface area contributed by atoms with E-state index in [9.17, 15) is 14.4 Å². The van der Waals surface area contributed by atoms with Crippen LogP contribution in [-0.4, -0.2) is 60.8 Å². The summed E-state index contributed by atoms with van der Waals surface area (Å²) in [6.45, 7) is 4.20. The van der Waals surface area contributed by atoms with Gasteiger partial charge in [-0.3, -0.25) is 14.4 Å². The zero-order chi connectivity index (χ0) is 18.8. The van der Waals surface area contributed by atoms with Gasteiger partial charge in [0.15, 0.2) is 0 Å². The average molecular weight is 356 g/mol. The van der Waals surface area contributed by atoms with Crippen LogP contribution in [0.4, 0.5) is 0 Å². The van der Waals surface area contributed by atoms with Crippen LogP contribution in [0.15, 0.2) is 0 Å². The van der Waals surface area contributed by atoms with E-state index in [-0.39, 0.29) is 30.8 Å². The fourth-order valence-corrected chi connectivity index (χ4v) is 3.56. The van der Waals surface area contributed by atoms with E-state index in [0.29, 0.717) is 26.0 Å². The highest BCUT2D eigenvalue weighted by molar-refractivity contribution is 5.86. The minimum Gasteiger partial charge on any atom is -0.481 e. The Morgan fingerprint density at radius 1 is 1.52 bits per heavy atom. The highest BCUT2D eigenvalue weighted by atomic mass is 16.5. The zero-order valence-electron chi connectivity index (χ0n) is 14.7. The van der Waals surface area contributed by atoms with Gasteiger partial charge in [-0.1, -0.05) is 0 Å². The molecule has 9 heteroatoms. The molecule has 9 nitrogen and oxygen atoms in total. The molecular formula is C16H28N4O5. The van der Waals surface area contributed by atoms with Crippen LogP contribution in [0.2, 0.25) is 0 Å². The van der Waals surface area contributed by atoms with Crippen molar-refractivity contribution in [1.29, 1.82) is 0 Å². The van der Waals surface area contributed by atoms with Gasteiger partial charge in [0.2, 0.25) is 11.8 Å². The van der Waals surface area contributed by atoms with Crippen LogP contribution in [0.5, 0.6) is 0 Å². The summed E-state index contributed by atoms with van der Waals surface area (Å²) >= 11 is 0. The third-order valence-electron chi connectivity index (χ3n) is 5.53. The molecule has 2 fully saturated rings. The van der Waals surface area contributed by atoms with E-state index >= 15 is 0 Å². The standard InChI is InChI=1S/C16H28N4O5/c1-15(2,13(23)19-5-3-11(21)22)12(18)9-7-16(4-6-25-9)10(17)8-20-14(16)24/h9-10,12H,3-8,17-18H2,1-2H3,(H,19,23)(H,20,24)(H,21,22). The minimum atomic E-state index is -0.985. The van der Waals surface area contributed by atoms with Crippen LogP contribution >= 0.6 is 0 Å². The molecule has 0 radical (unpaired) electrons. The Morgan fingerprint density at radius 2 is 2.20 bits per heavy atom. The molecule has 2 amide bonds. The second-order valence-corrected chi connectivity index (χ2v) is 7.48. The predicted molar refractivity (Wildman–Crippen MR) is 89.4 cm³/mol. The summed E-state index contributed by atoms with van der Waals surface area (Å²) in [7, 11) is 0. The Balaban J connectivity index is 2.05. The SMILES string of the molecule is CC(C)(C(=O)NCCC(=O)O)C(N)C1CC2(CCO1)C(=O)NCC2N. The van der Waals surface area contributed by atoms with Gasteiger partial charge in [-0.2, -0.15) is 0 Å². The summed E-state index contributed by atoms with van der Waals surface area (Å²) in [5.41, 5.74) is 10.8. The summed E-state index contributed by atoms with van der Waals surface area (Å²) in [4.78, 5) is 35.3. The maximum Gasteiger partial charge on any atom is 0.305 e. The van der Waals surface area contributed by atoms with Crippen molar-refractivity contribution in [3.05, 3.63) is 0 Å². The number of carbonyl (C=O) groups is 3. The Bertz CT molecular complexity index is 553. The van der Waals surface area contributed by atoms with Crippen LogP contribution in [-0.2, 0) is 19.1 Å². The van der Waals surface area contributed by atoms with Crippen molar-refractivity contribution in [2.24, 2.45) is 22.3 Å². The van der Waals surface area contributed by atoms with Crippen LogP contribution in [0.3, 0.4) is 0 Å². The molecule has 0 aromatic heterocycles. The quantitative estimate of drug-likeness (QED) is 0.390. The van der Waals surface area contributed by atoms with Gasteiger partial charge >= 0.3 is 5.97 Å². The van der Waals surface area contributed by atoms with Gasteiger partial charge in [-0.05, 0) is 26.7 Å². The molecule has 0 bridgehead atoms. The first-order chi connectivity index (χ1) is 11.6. The van der Waals surface area contributed by atoms with E-state index in [4.69, 9.17) is 21.3 Å². The third kappa shape index (κ3) is 3.78. The van der Waals surface area contributed by atoms with Gasteiger partial charge in [0.1, 0.15) is 0 Å². The number of rotatable bonds is 6. The minimum absolute atomic E-state index is 0.0348. The maximum atomic E-state index is 12.4. The normalized spacial score (nSPS) is 30.8. The van der Waals surface area contributed by atoms with Crippen LogP contribution in [0.25, 0.3) is 0 Å². The van der Waals surface area contributed by atoms with E-state index in [1.165, 1.54) is 0 Å². The number of carbonyl (C=O) groups excluding carboxylic acids is 2. The number of carboxylic acids is 1. The fraction of sp³-hybridized carbons (Fsp3) is 0.812. The summed E-state index contributed by atoms with van der Waals surface area (Å²) < 4.78 is 5.77. The Hall–Kier alpha value is -1.71. The second-order valence-electron chi connectivity index (χ2n) is 7.48. The van der Waals surface area contributed by atoms with E-state index < -0.39 is 28.9 Å². The molecule has 25 heavy (non-hydrogen) atoms. The monoisotopic (exact) mass is 356 g/mol. The Labute approximate surface area is 146 Å². The largest absolute Gasteiger partial charge is 0.481 e. The van der Waals surface area contributed by atoms with E-state index in [1.807, 2.05) is 0 Å². The van der Waals surface area contributed by atoms with Crippen LogP contribution < -0.4 is 22.1 Å². The molecule has 2 aliphatic rings. The smallest absolute Gasteiger partial charge is 0.305 e. The average Bonchev–Trinajstić information content (AvgIpc) is 2.82. The molecule has 4 atom stereocenters. The molecule has 0 aromatic carbocycles. The Morgan fingerprint density at radius 3 is 2.76 bits per heavy atom. The van der Waals surface area contributed by atoms with Crippen molar-refractivity contribution < 1.29 is 24.2 Å².